The molecule has 6 heteroatoms. The second kappa shape index (κ2) is 9.10. The Labute approximate surface area is 158 Å². The van der Waals surface area contributed by atoms with Gasteiger partial charge in [0.2, 0.25) is 0 Å². The molecule has 0 heterocycles. The summed E-state index contributed by atoms with van der Waals surface area (Å²) in [6.45, 7) is 6.19. The van der Waals surface area contributed by atoms with Gasteiger partial charge in [0.05, 0.1) is 6.61 Å². The molecule has 0 unspecified atom stereocenters. The lowest BCUT2D eigenvalue weighted by molar-refractivity contribution is 0.0975. The maximum atomic E-state index is 12.4. The predicted octanol–water partition coefficient (Wildman–Crippen LogP) is 4.05. The van der Waals surface area contributed by atoms with E-state index < -0.39 is 0 Å². The summed E-state index contributed by atoms with van der Waals surface area (Å²) in [4.78, 5) is 23.8. The first kappa shape index (κ1) is 19.6. The zero-order valence-electron chi connectivity index (χ0n) is 15.0. The highest BCUT2D eigenvalue weighted by Crippen LogP contribution is 2.15. The fourth-order valence-corrected chi connectivity index (χ4v) is 2.35. The predicted molar refractivity (Wildman–Crippen MR) is 107 cm³/mol. The molecule has 136 valence electrons. The van der Waals surface area contributed by atoms with Crippen molar-refractivity contribution in [2.24, 2.45) is 5.92 Å². The largest absolute Gasteiger partial charge is 0.493 e. The number of Topliss-reactive ketones (excluding diaryl/α,β-unsaturated/α-hetero) is 1. The number of hydrogen-bond acceptors (Lipinski definition) is 4. The third kappa shape index (κ3) is 5.97. The first-order valence-electron chi connectivity index (χ1n) is 8.31. The van der Waals surface area contributed by atoms with Crippen molar-refractivity contribution in [2.75, 3.05) is 11.9 Å². The van der Waals surface area contributed by atoms with Crippen molar-refractivity contribution in [3.63, 3.8) is 0 Å². The second-order valence-corrected chi connectivity index (χ2v) is 6.69. The lowest BCUT2D eigenvalue weighted by atomic mass is 10.1. The lowest BCUT2D eigenvalue weighted by Crippen LogP contribution is -2.34. The molecule has 0 spiro atoms. The summed E-state index contributed by atoms with van der Waals surface area (Å²) in [6, 6.07) is 13.9. The van der Waals surface area contributed by atoms with Crippen LogP contribution in [-0.4, -0.2) is 23.4 Å². The van der Waals surface area contributed by atoms with E-state index in [4.69, 9.17) is 17.0 Å². The summed E-state index contributed by atoms with van der Waals surface area (Å²) < 4.78 is 5.63. The molecule has 0 atom stereocenters. The van der Waals surface area contributed by atoms with Crippen LogP contribution in [-0.2, 0) is 0 Å². The molecule has 2 aromatic rings. The molecular weight excluding hydrogens is 348 g/mol. The van der Waals surface area contributed by atoms with Gasteiger partial charge in [0, 0.05) is 16.8 Å². The summed E-state index contributed by atoms with van der Waals surface area (Å²) in [5.74, 6) is 0.663. The van der Waals surface area contributed by atoms with Gasteiger partial charge in [-0.25, -0.2) is 0 Å². The van der Waals surface area contributed by atoms with Crippen molar-refractivity contribution in [1.29, 1.82) is 0 Å². The number of carbonyl (C=O) groups excluding carboxylic acids is 2. The van der Waals surface area contributed by atoms with E-state index in [0.717, 1.165) is 0 Å². The molecule has 0 aliphatic heterocycles. The van der Waals surface area contributed by atoms with Crippen LogP contribution >= 0.6 is 12.2 Å². The monoisotopic (exact) mass is 370 g/mol. The number of anilines is 1. The van der Waals surface area contributed by atoms with Gasteiger partial charge in [0.1, 0.15) is 5.75 Å². The number of thiocarbonyl (C=S) groups is 1. The van der Waals surface area contributed by atoms with Crippen molar-refractivity contribution in [2.45, 2.75) is 20.8 Å². The number of rotatable bonds is 6. The Hall–Kier alpha value is -2.73. The van der Waals surface area contributed by atoms with Crippen LogP contribution in [0.3, 0.4) is 0 Å². The summed E-state index contributed by atoms with van der Waals surface area (Å²) in [6.07, 6.45) is 0. The average Bonchev–Trinajstić information content (AvgIpc) is 2.60. The highest BCUT2D eigenvalue weighted by atomic mass is 32.1. The first-order valence-corrected chi connectivity index (χ1v) is 8.72. The van der Waals surface area contributed by atoms with E-state index in [1.807, 2.05) is 6.07 Å². The summed E-state index contributed by atoms with van der Waals surface area (Å²) in [7, 11) is 0. The molecule has 2 aromatic carbocycles. The van der Waals surface area contributed by atoms with Crippen LogP contribution in [0.15, 0.2) is 48.5 Å². The standard InChI is InChI=1S/C20H22N2O3S/c1-13(2)12-25-18-9-5-7-16(11-18)19(24)22-20(26)21-17-8-4-6-15(10-17)14(3)23/h4-11,13H,12H2,1-3H3,(H2,21,22,24,26). The second-order valence-electron chi connectivity index (χ2n) is 6.28. The van der Waals surface area contributed by atoms with Gasteiger partial charge in [-0.15, -0.1) is 0 Å². The number of ether oxygens (including phenoxy) is 1. The Bertz CT molecular complexity index is 818. The Balaban J connectivity index is 1.98. The van der Waals surface area contributed by atoms with Crippen LogP contribution in [0.2, 0.25) is 0 Å². The van der Waals surface area contributed by atoms with Gasteiger partial charge in [-0.2, -0.15) is 0 Å². The van der Waals surface area contributed by atoms with E-state index in [2.05, 4.69) is 24.5 Å². The third-order valence-corrected chi connectivity index (χ3v) is 3.64. The van der Waals surface area contributed by atoms with Crippen LogP contribution in [0.4, 0.5) is 5.69 Å². The molecule has 2 rings (SSSR count). The van der Waals surface area contributed by atoms with Crippen LogP contribution < -0.4 is 15.4 Å². The number of amides is 1. The molecule has 5 nitrogen and oxygen atoms in total. The van der Waals surface area contributed by atoms with Gasteiger partial charge < -0.3 is 10.1 Å². The Morgan fingerprint density at radius 1 is 1.08 bits per heavy atom. The maximum Gasteiger partial charge on any atom is 0.257 e. The molecule has 0 bridgehead atoms. The zero-order valence-corrected chi connectivity index (χ0v) is 15.9. The van der Waals surface area contributed by atoms with Crippen LogP contribution in [0.5, 0.6) is 5.75 Å². The molecule has 0 saturated carbocycles. The normalized spacial score (nSPS) is 10.3. The lowest BCUT2D eigenvalue weighted by Gasteiger charge is -2.12. The minimum atomic E-state index is -0.333. The number of benzene rings is 2. The molecule has 26 heavy (non-hydrogen) atoms. The average molecular weight is 370 g/mol. The van der Waals surface area contributed by atoms with Crippen molar-refractivity contribution in [1.82, 2.24) is 5.32 Å². The van der Waals surface area contributed by atoms with Gasteiger partial charge in [-0.1, -0.05) is 32.0 Å². The molecule has 0 fully saturated rings. The van der Waals surface area contributed by atoms with E-state index in [9.17, 15) is 9.59 Å². The highest BCUT2D eigenvalue weighted by molar-refractivity contribution is 7.80. The van der Waals surface area contributed by atoms with E-state index in [1.54, 1.807) is 42.5 Å². The topological polar surface area (TPSA) is 67.4 Å². The van der Waals surface area contributed by atoms with Crippen molar-refractivity contribution in [3.8, 4) is 5.75 Å². The molecular formula is C20H22N2O3S. The fraction of sp³-hybridized carbons (Fsp3) is 0.250. The van der Waals surface area contributed by atoms with Crippen LogP contribution in [0.25, 0.3) is 0 Å². The maximum absolute atomic E-state index is 12.4. The minimum Gasteiger partial charge on any atom is -0.493 e. The molecule has 0 aliphatic carbocycles. The van der Waals surface area contributed by atoms with Crippen LogP contribution in [0.1, 0.15) is 41.5 Å². The third-order valence-electron chi connectivity index (χ3n) is 3.43. The van der Waals surface area contributed by atoms with E-state index in [0.29, 0.717) is 35.1 Å². The minimum absolute atomic E-state index is 0.0400. The summed E-state index contributed by atoms with van der Waals surface area (Å²) >= 11 is 5.18. The van der Waals surface area contributed by atoms with E-state index >= 15 is 0 Å². The van der Waals surface area contributed by atoms with Crippen LogP contribution in [0, 0.1) is 5.92 Å². The van der Waals surface area contributed by atoms with Crippen molar-refractivity contribution in [3.05, 3.63) is 59.7 Å². The summed E-state index contributed by atoms with van der Waals surface area (Å²) in [5.41, 5.74) is 1.66. The molecule has 1 amide bonds. The SMILES string of the molecule is CC(=O)c1cccc(NC(=S)NC(=O)c2cccc(OCC(C)C)c2)c1. The Morgan fingerprint density at radius 3 is 2.46 bits per heavy atom. The van der Waals surface area contributed by atoms with Gasteiger partial charge >= 0.3 is 0 Å². The number of ketones is 1. The molecule has 0 saturated heterocycles. The first-order chi connectivity index (χ1) is 12.3. The van der Waals surface area contributed by atoms with Gasteiger partial charge in [-0.05, 0) is 55.4 Å². The quantitative estimate of drug-likeness (QED) is 0.593. The smallest absolute Gasteiger partial charge is 0.257 e. The summed E-state index contributed by atoms with van der Waals surface area (Å²) in [5, 5.41) is 5.69. The molecule has 0 aliphatic rings. The highest BCUT2D eigenvalue weighted by Gasteiger charge is 2.10. The number of nitrogens with one attached hydrogen (secondary N) is 2. The fourth-order valence-electron chi connectivity index (χ4n) is 2.14. The molecule has 2 N–H and O–H groups in total. The van der Waals surface area contributed by atoms with Gasteiger partial charge in [0.25, 0.3) is 5.91 Å². The van der Waals surface area contributed by atoms with E-state index in [1.165, 1.54) is 6.92 Å². The van der Waals surface area contributed by atoms with Crippen molar-refractivity contribution >= 4 is 34.7 Å². The molecule has 0 radical (unpaired) electrons. The van der Waals surface area contributed by atoms with Gasteiger partial charge in [-0.3, -0.25) is 14.9 Å². The Kier molecular flexibility index (Phi) is 6.86. The number of hydrogen-bond donors (Lipinski definition) is 2. The van der Waals surface area contributed by atoms with E-state index in [-0.39, 0.29) is 16.8 Å². The number of carbonyl (C=O) groups is 2. The zero-order chi connectivity index (χ0) is 19.1. The van der Waals surface area contributed by atoms with Gasteiger partial charge in [0.15, 0.2) is 10.9 Å². The molecule has 0 aromatic heterocycles. The van der Waals surface area contributed by atoms with Crippen molar-refractivity contribution < 1.29 is 14.3 Å². The Morgan fingerprint density at radius 2 is 1.77 bits per heavy atom.